The zero-order valence-electron chi connectivity index (χ0n) is 40.0. The third-order valence-electron chi connectivity index (χ3n) is 14.6. The lowest BCUT2D eigenvalue weighted by Crippen LogP contribution is -1.98. The number of fused-ring (bicyclic) bond motifs is 12. The molecule has 0 aliphatic carbocycles. The minimum absolute atomic E-state index is 0.931. The predicted molar refractivity (Wildman–Crippen MR) is 302 cm³/mol. The summed E-state index contributed by atoms with van der Waals surface area (Å²) in [5, 5.41) is 9.98. The van der Waals surface area contributed by atoms with Crippen molar-refractivity contribution < 1.29 is 0 Å². The Morgan fingerprint density at radius 1 is 0.366 bits per heavy atom. The first-order valence-corrected chi connectivity index (χ1v) is 24.5. The standard InChI is InChI=1S/C54H34N4.C12H17N/c1-4-14-36(15-5-1)56-49-22-12-10-20-39(49)44-30-42-41-28-34(24-26-47(41)55-48(42)32-52(44)56)35-25-27-51-43(29-35)46-31-45-40-21-11-13-23-50(40)57(37-16-6-2-7-17-37)53(45)33-54(46)58(51)38-18-8-3-9-19-38;1-9-4-6-12(7-5-9)8-10(2)11(3)13/h1-33,55H;4-7H,8,13H2,1-3H3/b;11-10-. The Morgan fingerprint density at radius 2 is 0.789 bits per heavy atom. The molecule has 14 rings (SSSR count). The van der Waals surface area contributed by atoms with E-state index >= 15 is 0 Å². The monoisotopic (exact) mass is 913 g/mol. The van der Waals surface area contributed by atoms with Crippen molar-refractivity contribution in [1.29, 1.82) is 0 Å². The molecule has 0 spiro atoms. The number of nitrogens with zero attached hydrogens (tertiary/aromatic N) is 3. The third-order valence-corrected chi connectivity index (χ3v) is 14.6. The van der Waals surface area contributed by atoms with Crippen molar-refractivity contribution in [3.63, 3.8) is 0 Å². The third kappa shape index (κ3) is 7.08. The summed E-state index contributed by atoms with van der Waals surface area (Å²) in [6.07, 6.45) is 0.961. The maximum absolute atomic E-state index is 5.69. The van der Waals surface area contributed by atoms with Gasteiger partial charge in [0.1, 0.15) is 0 Å². The van der Waals surface area contributed by atoms with E-state index in [1.165, 1.54) is 104 Å². The molecule has 0 aliphatic rings. The van der Waals surface area contributed by atoms with Gasteiger partial charge in [0, 0.05) is 76.9 Å². The fraction of sp³-hybridized carbons (Fsp3) is 0.0606. The number of para-hydroxylation sites is 5. The molecule has 340 valence electrons. The van der Waals surface area contributed by atoms with E-state index in [9.17, 15) is 0 Å². The number of allylic oxidation sites excluding steroid dienone is 2. The summed E-state index contributed by atoms with van der Waals surface area (Å²) in [5.74, 6) is 0. The van der Waals surface area contributed by atoms with E-state index in [-0.39, 0.29) is 0 Å². The molecule has 0 radical (unpaired) electrons. The predicted octanol–water partition coefficient (Wildman–Crippen LogP) is 17.1. The van der Waals surface area contributed by atoms with Crippen LogP contribution in [0.2, 0.25) is 0 Å². The van der Waals surface area contributed by atoms with E-state index in [0.717, 1.165) is 40.2 Å². The molecular formula is C66H51N5. The van der Waals surface area contributed by atoms with Crippen molar-refractivity contribution in [1.82, 2.24) is 18.7 Å². The van der Waals surface area contributed by atoms with Crippen LogP contribution in [-0.4, -0.2) is 18.7 Å². The van der Waals surface area contributed by atoms with Gasteiger partial charge in [-0.3, -0.25) is 0 Å². The lowest BCUT2D eigenvalue weighted by Gasteiger charge is -2.10. The lowest BCUT2D eigenvalue weighted by molar-refractivity contribution is 1.07. The van der Waals surface area contributed by atoms with Gasteiger partial charge in [-0.1, -0.05) is 139 Å². The van der Waals surface area contributed by atoms with Crippen LogP contribution in [0.3, 0.4) is 0 Å². The van der Waals surface area contributed by atoms with E-state index < -0.39 is 0 Å². The number of H-pyrrole nitrogens is 1. The highest BCUT2D eigenvalue weighted by Gasteiger charge is 2.20. The van der Waals surface area contributed by atoms with Crippen molar-refractivity contribution in [2.75, 3.05) is 0 Å². The Morgan fingerprint density at radius 3 is 1.34 bits per heavy atom. The molecule has 5 nitrogen and oxygen atoms in total. The Kier molecular flexibility index (Phi) is 9.99. The van der Waals surface area contributed by atoms with Crippen LogP contribution in [0.5, 0.6) is 0 Å². The van der Waals surface area contributed by atoms with Crippen LogP contribution >= 0.6 is 0 Å². The van der Waals surface area contributed by atoms with Crippen molar-refractivity contribution in [3.05, 3.63) is 247 Å². The topological polar surface area (TPSA) is 56.6 Å². The number of aryl methyl sites for hydroxylation is 1. The summed E-state index contributed by atoms with van der Waals surface area (Å²) in [6.45, 7) is 6.12. The second kappa shape index (κ2) is 16.9. The summed E-state index contributed by atoms with van der Waals surface area (Å²) in [5.41, 5.74) is 25.9. The number of benzene rings is 10. The van der Waals surface area contributed by atoms with Gasteiger partial charge in [-0.15, -0.1) is 0 Å². The molecular weight excluding hydrogens is 863 g/mol. The van der Waals surface area contributed by atoms with Crippen LogP contribution in [0, 0.1) is 6.92 Å². The van der Waals surface area contributed by atoms with Crippen molar-refractivity contribution in [2.45, 2.75) is 27.2 Å². The van der Waals surface area contributed by atoms with Crippen LogP contribution < -0.4 is 5.73 Å². The van der Waals surface area contributed by atoms with E-state index in [0.29, 0.717) is 0 Å². The molecule has 4 heterocycles. The van der Waals surface area contributed by atoms with Crippen LogP contribution in [0.15, 0.2) is 236 Å². The molecule has 14 aromatic rings. The number of hydrogen-bond donors (Lipinski definition) is 2. The molecule has 0 atom stereocenters. The average molecular weight is 914 g/mol. The summed E-state index contributed by atoms with van der Waals surface area (Å²) >= 11 is 0. The smallest absolute Gasteiger partial charge is 0.0562 e. The molecule has 3 N–H and O–H groups in total. The number of aromatic nitrogens is 4. The second-order valence-electron chi connectivity index (χ2n) is 19.1. The van der Waals surface area contributed by atoms with Crippen molar-refractivity contribution in [3.8, 4) is 28.2 Å². The SMILES string of the molecule is C/C(N)=C(\C)Cc1ccc(C)cc1.c1ccc(-n2c3ccccc3c3cc4c(cc32)[nH]c2ccc(-c3ccc5c(c3)c3cc6c7ccccc7n(-c7ccccc7)c6cc3n5-c3ccccc3)cc24)cc1. The van der Waals surface area contributed by atoms with Crippen LogP contribution in [-0.2, 0) is 6.42 Å². The molecule has 0 amide bonds. The highest BCUT2D eigenvalue weighted by molar-refractivity contribution is 6.21. The second-order valence-corrected chi connectivity index (χ2v) is 19.1. The largest absolute Gasteiger partial charge is 0.402 e. The number of aromatic amines is 1. The Labute approximate surface area is 411 Å². The van der Waals surface area contributed by atoms with Gasteiger partial charge in [-0.2, -0.15) is 0 Å². The van der Waals surface area contributed by atoms with Gasteiger partial charge < -0.3 is 24.4 Å². The summed E-state index contributed by atoms with van der Waals surface area (Å²) in [4.78, 5) is 3.77. The van der Waals surface area contributed by atoms with E-state index in [1.54, 1.807) is 0 Å². The fourth-order valence-corrected chi connectivity index (χ4v) is 10.9. The van der Waals surface area contributed by atoms with Gasteiger partial charge >= 0.3 is 0 Å². The maximum Gasteiger partial charge on any atom is 0.0562 e. The first kappa shape index (κ1) is 42.1. The molecule has 0 unspecified atom stereocenters. The highest BCUT2D eigenvalue weighted by Crippen LogP contribution is 2.42. The minimum Gasteiger partial charge on any atom is -0.402 e. The fourth-order valence-electron chi connectivity index (χ4n) is 10.9. The maximum atomic E-state index is 5.69. The molecule has 10 aromatic carbocycles. The van der Waals surface area contributed by atoms with E-state index in [2.05, 4.69) is 257 Å². The van der Waals surface area contributed by atoms with E-state index in [1.807, 2.05) is 6.92 Å². The minimum atomic E-state index is 0.931. The van der Waals surface area contributed by atoms with Crippen LogP contribution in [0.4, 0.5) is 0 Å². The molecule has 4 aromatic heterocycles. The van der Waals surface area contributed by atoms with Crippen LogP contribution in [0.1, 0.15) is 25.0 Å². The zero-order valence-corrected chi connectivity index (χ0v) is 40.0. The van der Waals surface area contributed by atoms with Gasteiger partial charge in [0.2, 0.25) is 0 Å². The first-order chi connectivity index (χ1) is 34.9. The Hall–Kier alpha value is -9.06. The van der Waals surface area contributed by atoms with Gasteiger partial charge in [0.15, 0.2) is 0 Å². The van der Waals surface area contributed by atoms with Crippen molar-refractivity contribution >= 4 is 87.2 Å². The van der Waals surface area contributed by atoms with Crippen molar-refractivity contribution in [2.24, 2.45) is 5.73 Å². The van der Waals surface area contributed by atoms with Gasteiger partial charge in [-0.25, -0.2) is 0 Å². The van der Waals surface area contributed by atoms with Gasteiger partial charge in [0.05, 0.1) is 33.1 Å². The molecule has 0 saturated carbocycles. The molecule has 0 aliphatic heterocycles. The van der Waals surface area contributed by atoms with E-state index in [4.69, 9.17) is 5.73 Å². The normalized spacial score (nSPS) is 12.2. The summed E-state index contributed by atoms with van der Waals surface area (Å²) in [6, 6.07) is 81.7. The quantitative estimate of drug-likeness (QED) is 0.172. The molecule has 0 bridgehead atoms. The first-order valence-electron chi connectivity index (χ1n) is 24.5. The summed E-state index contributed by atoms with van der Waals surface area (Å²) < 4.78 is 7.22. The van der Waals surface area contributed by atoms with Crippen LogP contribution in [0.25, 0.3) is 115 Å². The molecule has 5 heteroatoms. The Bertz CT molecular complexity index is 4370. The van der Waals surface area contributed by atoms with Gasteiger partial charge in [-0.05, 0) is 141 Å². The molecule has 0 fully saturated rings. The number of nitrogens with two attached hydrogens (primary N) is 1. The number of nitrogens with one attached hydrogen (secondary N) is 1. The average Bonchev–Trinajstić information content (AvgIpc) is 4.14. The molecule has 0 saturated heterocycles. The summed E-state index contributed by atoms with van der Waals surface area (Å²) in [7, 11) is 0. The zero-order chi connectivity index (χ0) is 47.7. The highest BCUT2D eigenvalue weighted by atomic mass is 15.0. The van der Waals surface area contributed by atoms with Gasteiger partial charge in [0.25, 0.3) is 0 Å². The Balaban J connectivity index is 0.000000333. The lowest BCUT2D eigenvalue weighted by atomic mass is 10.00. The number of rotatable bonds is 6. The number of hydrogen-bond acceptors (Lipinski definition) is 1. The molecule has 71 heavy (non-hydrogen) atoms.